The first-order valence-corrected chi connectivity index (χ1v) is 5.40. The number of hydrogen-bond donors (Lipinski definition) is 0. The van der Waals surface area contributed by atoms with Crippen molar-refractivity contribution in [2.24, 2.45) is 17.8 Å². The summed E-state index contributed by atoms with van der Waals surface area (Å²) in [6, 6.07) is 0. The summed E-state index contributed by atoms with van der Waals surface area (Å²) >= 11 is 0. The van der Waals surface area contributed by atoms with Crippen LogP contribution in [-0.2, 0) is 9.53 Å². The Balaban J connectivity index is 2.02. The summed E-state index contributed by atoms with van der Waals surface area (Å²) in [7, 11) is 1.51. The van der Waals surface area contributed by atoms with Gasteiger partial charge in [-0.2, -0.15) is 0 Å². The summed E-state index contributed by atoms with van der Waals surface area (Å²) < 4.78 is 4.84. The van der Waals surface area contributed by atoms with Crippen LogP contribution in [0, 0.1) is 17.8 Å². The van der Waals surface area contributed by atoms with Gasteiger partial charge >= 0.3 is 5.97 Å². The molecule has 2 nitrogen and oxygen atoms in total. The molecule has 0 aromatic carbocycles. The summed E-state index contributed by atoms with van der Waals surface area (Å²) in [5.74, 6) is 1.75. The molecule has 2 fully saturated rings. The molecule has 2 saturated carbocycles. The van der Waals surface area contributed by atoms with E-state index in [-0.39, 0.29) is 11.9 Å². The average Bonchev–Trinajstić information content (AvgIpc) is 2.60. The van der Waals surface area contributed by atoms with E-state index in [1.54, 1.807) is 0 Å². The Kier molecular flexibility index (Phi) is 2.56. The number of rotatable bonds is 1. The molecule has 2 aliphatic rings. The summed E-state index contributed by atoms with van der Waals surface area (Å²) in [6.07, 6.45) is 7.61. The summed E-state index contributed by atoms with van der Waals surface area (Å²) in [6.45, 7) is 0. The number of hydrogen-bond acceptors (Lipinski definition) is 2. The van der Waals surface area contributed by atoms with Gasteiger partial charge in [-0.05, 0) is 31.1 Å². The van der Waals surface area contributed by atoms with E-state index in [1.807, 2.05) is 0 Å². The zero-order valence-corrected chi connectivity index (χ0v) is 8.29. The second-order valence-corrected chi connectivity index (χ2v) is 4.42. The van der Waals surface area contributed by atoms with Gasteiger partial charge in [0, 0.05) is 0 Å². The van der Waals surface area contributed by atoms with Crippen molar-refractivity contribution in [3.63, 3.8) is 0 Å². The van der Waals surface area contributed by atoms with Crippen LogP contribution in [0.5, 0.6) is 0 Å². The standard InChI is InChI=1S/C11H18O2/c1-13-11(12)10-7-6-8-4-2-3-5-9(8)10/h8-10H,2-7H2,1H3/t8-,9+,10-/m1/s1. The number of methoxy groups -OCH3 is 1. The van der Waals surface area contributed by atoms with Gasteiger partial charge in [-0.25, -0.2) is 0 Å². The molecule has 0 aliphatic heterocycles. The fourth-order valence-electron chi connectivity index (χ4n) is 3.18. The highest BCUT2D eigenvalue weighted by atomic mass is 16.5. The van der Waals surface area contributed by atoms with Gasteiger partial charge in [0.1, 0.15) is 0 Å². The first-order valence-electron chi connectivity index (χ1n) is 5.40. The Morgan fingerprint density at radius 3 is 2.69 bits per heavy atom. The second kappa shape index (κ2) is 3.69. The lowest BCUT2D eigenvalue weighted by molar-refractivity contribution is -0.147. The van der Waals surface area contributed by atoms with Gasteiger partial charge in [0.05, 0.1) is 13.0 Å². The van der Waals surface area contributed by atoms with Crippen molar-refractivity contribution in [2.75, 3.05) is 7.11 Å². The van der Waals surface area contributed by atoms with E-state index >= 15 is 0 Å². The van der Waals surface area contributed by atoms with Crippen LogP contribution in [0.25, 0.3) is 0 Å². The number of carbonyl (C=O) groups is 1. The van der Waals surface area contributed by atoms with Crippen molar-refractivity contribution in [3.8, 4) is 0 Å². The van der Waals surface area contributed by atoms with Gasteiger partial charge in [0.2, 0.25) is 0 Å². The van der Waals surface area contributed by atoms with Gasteiger partial charge in [-0.1, -0.05) is 19.3 Å². The van der Waals surface area contributed by atoms with Crippen LogP contribution < -0.4 is 0 Å². The first kappa shape index (κ1) is 9.04. The molecule has 0 saturated heterocycles. The summed E-state index contributed by atoms with van der Waals surface area (Å²) in [5.41, 5.74) is 0. The molecule has 0 spiro atoms. The number of fused-ring (bicyclic) bond motifs is 1. The highest BCUT2D eigenvalue weighted by Gasteiger charge is 2.41. The number of esters is 1. The van der Waals surface area contributed by atoms with Crippen LogP contribution in [0.1, 0.15) is 38.5 Å². The highest BCUT2D eigenvalue weighted by Crippen LogP contribution is 2.46. The van der Waals surface area contributed by atoms with Crippen LogP contribution in [-0.4, -0.2) is 13.1 Å². The molecule has 74 valence electrons. The Morgan fingerprint density at radius 2 is 1.92 bits per heavy atom. The van der Waals surface area contributed by atoms with E-state index in [2.05, 4.69) is 0 Å². The second-order valence-electron chi connectivity index (χ2n) is 4.42. The van der Waals surface area contributed by atoms with Crippen LogP contribution in [0.4, 0.5) is 0 Å². The maximum atomic E-state index is 11.4. The van der Waals surface area contributed by atoms with Crippen molar-refractivity contribution in [2.45, 2.75) is 38.5 Å². The maximum absolute atomic E-state index is 11.4. The third kappa shape index (κ3) is 1.59. The predicted octanol–water partition coefficient (Wildman–Crippen LogP) is 2.38. The molecule has 0 radical (unpaired) electrons. The van der Waals surface area contributed by atoms with Gasteiger partial charge in [0.25, 0.3) is 0 Å². The van der Waals surface area contributed by atoms with Crippen molar-refractivity contribution in [1.82, 2.24) is 0 Å². The molecule has 0 bridgehead atoms. The van der Waals surface area contributed by atoms with E-state index < -0.39 is 0 Å². The maximum Gasteiger partial charge on any atom is 0.308 e. The fourth-order valence-corrected chi connectivity index (χ4v) is 3.18. The van der Waals surface area contributed by atoms with Crippen LogP contribution in [0.15, 0.2) is 0 Å². The SMILES string of the molecule is COC(=O)[C@@H]1CC[C@H]2CCCC[C@@H]21. The molecular formula is C11H18O2. The largest absolute Gasteiger partial charge is 0.469 e. The monoisotopic (exact) mass is 182 g/mol. The van der Waals surface area contributed by atoms with E-state index in [0.717, 1.165) is 12.3 Å². The zero-order valence-electron chi connectivity index (χ0n) is 8.29. The van der Waals surface area contributed by atoms with E-state index in [0.29, 0.717) is 5.92 Å². The third-order valence-corrected chi connectivity index (χ3v) is 3.84. The quantitative estimate of drug-likeness (QED) is 0.582. The van der Waals surface area contributed by atoms with E-state index in [1.165, 1.54) is 39.2 Å². The minimum Gasteiger partial charge on any atom is -0.469 e. The first-order chi connectivity index (χ1) is 6.33. The third-order valence-electron chi connectivity index (χ3n) is 3.84. The Labute approximate surface area is 79.7 Å². The Morgan fingerprint density at radius 1 is 1.15 bits per heavy atom. The molecular weight excluding hydrogens is 164 g/mol. The topological polar surface area (TPSA) is 26.3 Å². The molecule has 0 heterocycles. The van der Waals surface area contributed by atoms with Crippen molar-refractivity contribution in [3.05, 3.63) is 0 Å². The molecule has 2 heteroatoms. The van der Waals surface area contributed by atoms with Crippen molar-refractivity contribution in [1.29, 1.82) is 0 Å². The lowest BCUT2D eigenvalue weighted by atomic mass is 9.78. The molecule has 13 heavy (non-hydrogen) atoms. The van der Waals surface area contributed by atoms with Crippen LogP contribution in [0.2, 0.25) is 0 Å². The van der Waals surface area contributed by atoms with Crippen molar-refractivity contribution >= 4 is 5.97 Å². The smallest absolute Gasteiger partial charge is 0.308 e. The molecule has 0 amide bonds. The molecule has 0 aromatic rings. The minimum absolute atomic E-state index is 0.0365. The normalized spacial score (nSPS) is 38.4. The van der Waals surface area contributed by atoms with Gasteiger partial charge < -0.3 is 4.74 Å². The molecule has 0 aromatic heterocycles. The minimum atomic E-state index is 0.0365. The lowest BCUT2D eigenvalue weighted by Gasteiger charge is -2.27. The Hall–Kier alpha value is -0.530. The fraction of sp³-hybridized carbons (Fsp3) is 0.909. The highest BCUT2D eigenvalue weighted by molar-refractivity contribution is 5.73. The molecule has 3 atom stereocenters. The summed E-state index contributed by atoms with van der Waals surface area (Å²) in [4.78, 5) is 11.4. The van der Waals surface area contributed by atoms with Crippen LogP contribution in [0.3, 0.4) is 0 Å². The van der Waals surface area contributed by atoms with E-state index in [4.69, 9.17) is 4.74 Å². The molecule has 2 rings (SSSR count). The summed E-state index contributed by atoms with van der Waals surface area (Å²) in [5, 5.41) is 0. The lowest BCUT2D eigenvalue weighted by Crippen LogP contribution is -2.25. The van der Waals surface area contributed by atoms with Gasteiger partial charge in [-0.3, -0.25) is 4.79 Å². The number of carbonyl (C=O) groups excluding carboxylic acids is 1. The van der Waals surface area contributed by atoms with Crippen molar-refractivity contribution < 1.29 is 9.53 Å². The molecule has 0 unspecified atom stereocenters. The van der Waals surface area contributed by atoms with Gasteiger partial charge in [0.15, 0.2) is 0 Å². The average molecular weight is 182 g/mol. The molecule has 0 N–H and O–H groups in total. The van der Waals surface area contributed by atoms with Crippen LogP contribution >= 0.6 is 0 Å². The van der Waals surface area contributed by atoms with E-state index in [9.17, 15) is 4.79 Å². The zero-order chi connectivity index (χ0) is 9.26. The predicted molar refractivity (Wildman–Crippen MR) is 50.2 cm³/mol. The van der Waals surface area contributed by atoms with Gasteiger partial charge in [-0.15, -0.1) is 0 Å². The number of ether oxygens (including phenoxy) is 1. The molecule has 2 aliphatic carbocycles. The Bertz CT molecular complexity index is 200.